The second-order valence-corrected chi connectivity index (χ2v) is 4.37. The Balaban J connectivity index is 1.99. The van der Waals surface area contributed by atoms with Gasteiger partial charge in [0.1, 0.15) is 5.82 Å². The number of carbonyl (C=O) groups is 1. The first-order valence-corrected chi connectivity index (χ1v) is 5.91. The molecule has 0 spiro atoms. The van der Waals surface area contributed by atoms with E-state index in [2.05, 4.69) is 15.7 Å². The number of nitrogens with one attached hydrogen (secondary N) is 2. The molecule has 0 radical (unpaired) electrons. The number of hydrazine groups is 1. The first-order chi connectivity index (χ1) is 8.29. The smallest absolute Gasteiger partial charge is 0.251 e. The zero-order valence-electron chi connectivity index (χ0n) is 9.01. The van der Waals surface area contributed by atoms with Crippen LogP contribution >= 0.6 is 11.3 Å². The first kappa shape index (κ1) is 11.6. The lowest BCUT2D eigenvalue weighted by molar-refractivity contribution is 0.0951. The lowest BCUT2D eigenvalue weighted by Crippen LogP contribution is -2.22. The number of hydrogen-bond acceptors (Lipinski definition) is 5. The van der Waals surface area contributed by atoms with Gasteiger partial charge >= 0.3 is 0 Å². The second kappa shape index (κ2) is 5.42. The highest BCUT2D eigenvalue weighted by atomic mass is 32.1. The highest BCUT2D eigenvalue weighted by Gasteiger charge is 2.06. The van der Waals surface area contributed by atoms with Crippen molar-refractivity contribution < 1.29 is 4.79 Å². The summed E-state index contributed by atoms with van der Waals surface area (Å²) in [6, 6.07) is 7.17. The van der Waals surface area contributed by atoms with Crippen molar-refractivity contribution in [1.29, 1.82) is 0 Å². The summed E-state index contributed by atoms with van der Waals surface area (Å²) in [5.41, 5.74) is 2.93. The molecule has 17 heavy (non-hydrogen) atoms. The van der Waals surface area contributed by atoms with E-state index < -0.39 is 0 Å². The maximum Gasteiger partial charge on any atom is 0.251 e. The molecule has 88 valence electrons. The van der Waals surface area contributed by atoms with Crippen LogP contribution in [-0.4, -0.2) is 10.9 Å². The van der Waals surface area contributed by atoms with Gasteiger partial charge in [-0.1, -0.05) is 6.07 Å². The Bertz CT molecular complexity index is 498. The van der Waals surface area contributed by atoms with Crippen molar-refractivity contribution in [3.63, 3.8) is 0 Å². The molecule has 6 heteroatoms. The number of nitrogen functional groups attached to an aromatic ring is 1. The third-order valence-electron chi connectivity index (χ3n) is 2.17. The van der Waals surface area contributed by atoms with Gasteiger partial charge in [-0.15, -0.1) is 11.3 Å². The number of rotatable bonds is 4. The van der Waals surface area contributed by atoms with Gasteiger partial charge in [0.2, 0.25) is 0 Å². The van der Waals surface area contributed by atoms with Crippen LogP contribution in [0.15, 0.2) is 35.8 Å². The summed E-state index contributed by atoms with van der Waals surface area (Å²) in [6.07, 6.45) is 1.54. The Morgan fingerprint density at radius 3 is 3.06 bits per heavy atom. The molecule has 4 N–H and O–H groups in total. The van der Waals surface area contributed by atoms with E-state index in [1.165, 1.54) is 6.20 Å². The summed E-state index contributed by atoms with van der Waals surface area (Å²) in [5.74, 6) is 5.55. The van der Waals surface area contributed by atoms with Crippen molar-refractivity contribution in [3.05, 3.63) is 46.3 Å². The number of pyridine rings is 1. The maximum atomic E-state index is 11.8. The van der Waals surface area contributed by atoms with E-state index in [0.717, 1.165) is 4.88 Å². The lowest BCUT2D eigenvalue weighted by Gasteiger charge is -2.05. The summed E-state index contributed by atoms with van der Waals surface area (Å²) >= 11 is 1.61. The van der Waals surface area contributed by atoms with Crippen LogP contribution < -0.4 is 16.6 Å². The van der Waals surface area contributed by atoms with Crippen molar-refractivity contribution in [1.82, 2.24) is 10.3 Å². The summed E-state index contributed by atoms with van der Waals surface area (Å²) in [7, 11) is 0. The number of thiophene rings is 1. The van der Waals surface area contributed by atoms with Gasteiger partial charge in [0.25, 0.3) is 5.91 Å². The minimum atomic E-state index is -0.141. The van der Waals surface area contributed by atoms with Crippen molar-refractivity contribution in [2.24, 2.45) is 5.84 Å². The van der Waals surface area contributed by atoms with Gasteiger partial charge in [0, 0.05) is 16.6 Å². The highest BCUT2D eigenvalue weighted by molar-refractivity contribution is 7.09. The largest absolute Gasteiger partial charge is 0.347 e. The lowest BCUT2D eigenvalue weighted by atomic mass is 10.2. The van der Waals surface area contributed by atoms with Crippen molar-refractivity contribution in [3.8, 4) is 0 Å². The molecular weight excluding hydrogens is 236 g/mol. The van der Waals surface area contributed by atoms with Crippen molar-refractivity contribution in [2.45, 2.75) is 6.54 Å². The third kappa shape index (κ3) is 3.02. The molecular formula is C11H12N4OS. The number of carbonyl (C=O) groups excluding carboxylic acids is 1. The topological polar surface area (TPSA) is 80.0 Å². The molecule has 2 aromatic rings. The van der Waals surface area contributed by atoms with E-state index in [1.54, 1.807) is 23.5 Å². The molecule has 2 rings (SSSR count). The number of nitrogens with two attached hydrogens (primary N) is 1. The quantitative estimate of drug-likeness (QED) is 0.564. The Hall–Kier alpha value is -1.92. The summed E-state index contributed by atoms with van der Waals surface area (Å²) < 4.78 is 0. The molecule has 0 saturated heterocycles. The fraction of sp³-hybridized carbons (Fsp3) is 0.0909. The number of hydrogen-bond donors (Lipinski definition) is 3. The molecule has 2 aromatic heterocycles. The molecule has 0 fully saturated rings. The monoisotopic (exact) mass is 248 g/mol. The Morgan fingerprint density at radius 1 is 1.47 bits per heavy atom. The summed E-state index contributed by atoms with van der Waals surface area (Å²) in [6.45, 7) is 0.532. The van der Waals surface area contributed by atoms with Crippen LogP contribution in [0.1, 0.15) is 15.2 Å². The van der Waals surface area contributed by atoms with Gasteiger partial charge in [-0.05, 0) is 23.6 Å². The van der Waals surface area contributed by atoms with E-state index in [-0.39, 0.29) is 5.91 Å². The van der Waals surface area contributed by atoms with Gasteiger partial charge < -0.3 is 10.7 Å². The van der Waals surface area contributed by atoms with Crippen LogP contribution in [0.2, 0.25) is 0 Å². The zero-order chi connectivity index (χ0) is 12.1. The standard InChI is InChI=1S/C11H12N4OS/c12-15-10-6-8(3-4-13-10)11(16)14-7-9-2-1-5-17-9/h1-6H,7,12H2,(H,13,15)(H,14,16). The first-order valence-electron chi connectivity index (χ1n) is 5.03. The third-order valence-corrected chi connectivity index (χ3v) is 3.05. The van der Waals surface area contributed by atoms with Crippen LogP contribution in [0.25, 0.3) is 0 Å². The van der Waals surface area contributed by atoms with E-state index >= 15 is 0 Å². The average molecular weight is 248 g/mol. The van der Waals surface area contributed by atoms with Crippen LogP contribution in [0.5, 0.6) is 0 Å². The number of nitrogens with zero attached hydrogens (tertiary/aromatic N) is 1. The van der Waals surface area contributed by atoms with Crippen LogP contribution in [0, 0.1) is 0 Å². The zero-order valence-corrected chi connectivity index (χ0v) is 9.83. The molecule has 0 unspecified atom stereocenters. The molecule has 5 nitrogen and oxygen atoms in total. The Kier molecular flexibility index (Phi) is 3.69. The molecule has 0 aliphatic carbocycles. The minimum Gasteiger partial charge on any atom is -0.347 e. The fourth-order valence-electron chi connectivity index (χ4n) is 1.33. The second-order valence-electron chi connectivity index (χ2n) is 3.34. The fourth-order valence-corrected chi connectivity index (χ4v) is 1.98. The molecule has 0 aromatic carbocycles. The molecule has 0 bridgehead atoms. The van der Waals surface area contributed by atoms with Gasteiger partial charge in [0.15, 0.2) is 0 Å². The maximum absolute atomic E-state index is 11.8. The van der Waals surface area contributed by atoms with E-state index in [0.29, 0.717) is 17.9 Å². The molecule has 2 heterocycles. The SMILES string of the molecule is NNc1cc(C(=O)NCc2cccs2)ccn1. The summed E-state index contributed by atoms with van der Waals surface area (Å²) in [5, 5.41) is 4.80. The molecule has 1 amide bonds. The molecule has 0 aliphatic rings. The Labute approximate surface area is 103 Å². The van der Waals surface area contributed by atoms with Crippen molar-refractivity contribution in [2.75, 3.05) is 5.43 Å². The van der Waals surface area contributed by atoms with Crippen LogP contribution in [0.3, 0.4) is 0 Å². The number of amides is 1. The molecule has 0 atom stereocenters. The van der Waals surface area contributed by atoms with Crippen molar-refractivity contribution >= 4 is 23.1 Å². The van der Waals surface area contributed by atoms with E-state index in [4.69, 9.17) is 5.84 Å². The average Bonchev–Trinajstić information content (AvgIpc) is 2.89. The van der Waals surface area contributed by atoms with Gasteiger partial charge in [-0.25, -0.2) is 10.8 Å². The highest BCUT2D eigenvalue weighted by Crippen LogP contribution is 2.09. The van der Waals surface area contributed by atoms with Crippen LogP contribution in [0.4, 0.5) is 5.82 Å². The van der Waals surface area contributed by atoms with E-state index in [1.807, 2.05) is 17.5 Å². The molecule has 0 saturated carbocycles. The summed E-state index contributed by atoms with van der Waals surface area (Å²) in [4.78, 5) is 16.9. The normalized spacial score (nSPS) is 9.94. The van der Waals surface area contributed by atoms with Gasteiger partial charge in [0.05, 0.1) is 6.54 Å². The number of anilines is 1. The number of aromatic nitrogens is 1. The molecule has 0 aliphatic heterocycles. The van der Waals surface area contributed by atoms with Crippen LogP contribution in [-0.2, 0) is 6.54 Å². The Morgan fingerprint density at radius 2 is 2.35 bits per heavy atom. The minimum absolute atomic E-state index is 0.141. The predicted molar refractivity (Wildman–Crippen MR) is 67.5 cm³/mol. The van der Waals surface area contributed by atoms with E-state index in [9.17, 15) is 4.79 Å². The van der Waals surface area contributed by atoms with Gasteiger partial charge in [-0.2, -0.15) is 0 Å². The van der Waals surface area contributed by atoms with Gasteiger partial charge in [-0.3, -0.25) is 4.79 Å². The predicted octanol–water partition coefficient (Wildman–Crippen LogP) is 1.36.